The highest BCUT2D eigenvalue weighted by Crippen LogP contribution is 2.16. The summed E-state index contributed by atoms with van der Waals surface area (Å²) in [4.78, 5) is 13.1. The van der Waals surface area contributed by atoms with Crippen LogP contribution in [0, 0.1) is 6.92 Å². The van der Waals surface area contributed by atoms with Crippen molar-refractivity contribution in [3.63, 3.8) is 0 Å². The number of aryl methyl sites for hydroxylation is 1. The van der Waals surface area contributed by atoms with E-state index in [4.69, 9.17) is 4.74 Å². The van der Waals surface area contributed by atoms with Gasteiger partial charge in [0.25, 0.3) is 5.91 Å². The predicted molar refractivity (Wildman–Crippen MR) is 102 cm³/mol. The Morgan fingerprint density at radius 3 is 2.40 bits per heavy atom. The van der Waals surface area contributed by atoms with Crippen LogP contribution in [0.5, 0.6) is 0 Å². The highest BCUT2D eigenvalue weighted by Gasteiger charge is 2.11. The van der Waals surface area contributed by atoms with Gasteiger partial charge in [-0.05, 0) is 40.6 Å². The van der Waals surface area contributed by atoms with Gasteiger partial charge in [-0.15, -0.1) is 11.3 Å². The summed E-state index contributed by atoms with van der Waals surface area (Å²) in [5, 5.41) is 4.95. The average Bonchev–Trinajstić information content (AvgIpc) is 3.07. The van der Waals surface area contributed by atoms with Crippen LogP contribution in [0.15, 0.2) is 66.0 Å². The van der Waals surface area contributed by atoms with E-state index in [1.165, 1.54) is 11.3 Å². The van der Waals surface area contributed by atoms with Crippen LogP contribution in [-0.2, 0) is 24.5 Å². The fourth-order valence-electron chi connectivity index (χ4n) is 2.58. The lowest BCUT2D eigenvalue weighted by Crippen LogP contribution is -2.23. The van der Waals surface area contributed by atoms with E-state index in [9.17, 15) is 4.79 Å². The number of ether oxygens (including phenoxy) is 1. The molecule has 2 aromatic carbocycles. The van der Waals surface area contributed by atoms with Gasteiger partial charge in [-0.2, -0.15) is 0 Å². The van der Waals surface area contributed by atoms with Gasteiger partial charge in [0, 0.05) is 6.54 Å². The van der Waals surface area contributed by atoms with Gasteiger partial charge in [-0.25, -0.2) is 0 Å². The second-order valence-corrected chi connectivity index (χ2v) is 6.78. The monoisotopic (exact) mass is 351 g/mol. The lowest BCUT2D eigenvalue weighted by atomic mass is 10.1. The van der Waals surface area contributed by atoms with Gasteiger partial charge in [0.2, 0.25) is 0 Å². The first kappa shape index (κ1) is 17.4. The van der Waals surface area contributed by atoms with E-state index in [1.807, 2.05) is 60.8 Å². The SMILES string of the molecule is Cc1ccsc1C(=O)NCc1ccccc1COCc1ccccc1. The van der Waals surface area contributed by atoms with Crippen LogP contribution >= 0.6 is 11.3 Å². The van der Waals surface area contributed by atoms with Crippen molar-refractivity contribution in [1.29, 1.82) is 0 Å². The molecular weight excluding hydrogens is 330 g/mol. The molecule has 0 bridgehead atoms. The van der Waals surface area contributed by atoms with Gasteiger partial charge >= 0.3 is 0 Å². The zero-order chi connectivity index (χ0) is 17.5. The molecular formula is C21H21NO2S. The van der Waals surface area contributed by atoms with Crippen molar-refractivity contribution in [2.75, 3.05) is 0 Å². The second-order valence-electron chi connectivity index (χ2n) is 5.86. The van der Waals surface area contributed by atoms with E-state index in [0.717, 1.165) is 27.1 Å². The molecule has 128 valence electrons. The van der Waals surface area contributed by atoms with Gasteiger partial charge < -0.3 is 10.1 Å². The minimum absolute atomic E-state index is 0.0208. The van der Waals surface area contributed by atoms with E-state index in [2.05, 4.69) is 17.4 Å². The maximum absolute atomic E-state index is 12.3. The van der Waals surface area contributed by atoms with Crippen molar-refractivity contribution in [1.82, 2.24) is 5.32 Å². The van der Waals surface area contributed by atoms with E-state index < -0.39 is 0 Å². The van der Waals surface area contributed by atoms with Crippen molar-refractivity contribution in [2.24, 2.45) is 0 Å². The van der Waals surface area contributed by atoms with Crippen LogP contribution < -0.4 is 5.32 Å². The number of rotatable bonds is 7. The molecule has 0 spiro atoms. The highest BCUT2D eigenvalue weighted by molar-refractivity contribution is 7.12. The Kier molecular flexibility index (Phi) is 5.99. The Morgan fingerprint density at radius 2 is 1.68 bits per heavy atom. The zero-order valence-corrected chi connectivity index (χ0v) is 15.0. The number of carbonyl (C=O) groups excluding carboxylic acids is 1. The fourth-order valence-corrected chi connectivity index (χ4v) is 3.43. The number of hydrogen-bond acceptors (Lipinski definition) is 3. The summed E-state index contributed by atoms with van der Waals surface area (Å²) in [7, 11) is 0. The molecule has 1 N–H and O–H groups in total. The fraction of sp³-hybridized carbons (Fsp3) is 0.190. The molecule has 0 aliphatic rings. The van der Waals surface area contributed by atoms with Crippen molar-refractivity contribution in [3.05, 3.63) is 93.2 Å². The molecule has 3 aromatic rings. The first-order valence-electron chi connectivity index (χ1n) is 8.25. The normalized spacial score (nSPS) is 10.6. The number of amides is 1. The number of nitrogens with one attached hydrogen (secondary N) is 1. The summed E-state index contributed by atoms with van der Waals surface area (Å²) in [5.74, 6) is -0.0208. The van der Waals surface area contributed by atoms with Crippen LogP contribution in [-0.4, -0.2) is 5.91 Å². The third kappa shape index (κ3) is 4.78. The van der Waals surface area contributed by atoms with Crippen LogP contribution in [0.1, 0.15) is 31.9 Å². The number of hydrogen-bond donors (Lipinski definition) is 1. The highest BCUT2D eigenvalue weighted by atomic mass is 32.1. The van der Waals surface area contributed by atoms with E-state index in [-0.39, 0.29) is 5.91 Å². The lowest BCUT2D eigenvalue weighted by Gasteiger charge is -2.11. The maximum atomic E-state index is 12.3. The smallest absolute Gasteiger partial charge is 0.261 e. The predicted octanol–water partition coefficient (Wildman–Crippen LogP) is 4.70. The maximum Gasteiger partial charge on any atom is 0.261 e. The topological polar surface area (TPSA) is 38.3 Å². The molecule has 0 saturated heterocycles. The van der Waals surface area contributed by atoms with E-state index in [0.29, 0.717) is 19.8 Å². The van der Waals surface area contributed by atoms with Crippen molar-refractivity contribution in [3.8, 4) is 0 Å². The van der Waals surface area contributed by atoms with Gasteiger partial charge in [0.1, 0.15) is 0 Å². The van der Waals surface area contributed by atoms with Crippen LogP contribution in [0.2, 0.25) is 0 Å². The lowest BCUT2D eigenvalue weighted by molar-refractivity contribution is 0.0951. The van der Waals surface area contributed by atoms with Crippen molar-refractivity contribution >= 4 is 17.2 Å². The summed E-state index contributed by atoms with van der Waals surface area (Å²) in [6.07, 6.45) is 0. The van der Waals surface area contributed by atoms with Crippen molar-refractivity contribution < 1.29 is 9.53 Å². The molecule has 0 aliphatic heterocycles. The molecule has 0 saturated carbocycles. The standard InChI is InChI=1S/C21H21NO2S/c1-16-11-12-25-20(16)21(23)22-13-18-9-5-6-10-19(18)15-24-14-17-7-3-2-4-8-17/h2-12H,13-15H2,1H3,(H,22,23). The number of thiophene rings is 1. The summed E-state index contributed by atoms with van der Waals surface area (Å²) in [6.45, 7) is 3.56. The van der Waals surface area contributed by atoms with Gasteiger partial charge in [0.15, 0.2) is 0 Å². The van der Waals surface area contributed by atoms with Gasteiger partial charge in [0.05, 0.1) is 18.1 Å². The Labute approximate surface area is 152 Å². The molecule has 0 radical (unpaired) electrons. The van der Waals surface area contributed by atoms with Crippen LogP contribution in [0.3, 0.4) is 0 Å². The summed E-state index contributed by atoms with van der Waals surface area (Å²) in [5.41, 5.74) is 4.35. The molecule has 1 amide bonds. The Bertz CT molecular complexity index is 827. The number of carbonyl (C=O) groups is 1. The molecule has 25 heavy (non-hydrogen) atoms. The molecule has 1 aromatic heterocycles. The Morgan fingerprint density at radius 1 is 0.960 bits per heavy atom. The molecule has 0 fully saturated rings. The quantitative estimate of drug-likeness (QED) is 0.670. The van der Waals surface area contributed by atoms with E-state index >= 15 is 0 Å². The van der Waals surface area contributed by atoms with Gasteiger partial charge in [-0.1, -0.05) is 54.6 Å². The summed E-state index contributed by atoms with van der Waals surface area (Å²) < 4.78 is 5.83. The minimum Gasteiger partial charge on any atom is -0.372 e. The first-order valence-corrected chi connectivity index (χ1v) is 9.13. The van der Waals surface area contributed by atoms with Crippen LogP contribution in [0.4, 0.5) is 0 Å². The van der Waals surface area contributed by atoms with Crippen LogP contribution in [0.25, 0.3) is 0 Å². The second kappa shape index (κ2) is 8.60. The first-order chi connectivity index (χ1) is 12.2. The minimum atomic E-state index is -0.0208. The Balaban J connectivity index is 1.57. The van der Waals surface area contributed by atoms with E-state index in [1.54, 1.807) is 0 Å². The molecule has 4 heteroatoms. The third-order valence-electron chi connectivity index (χ3n) is 4.00. The Hall–Kier alpha value is -2.43. The summed E-state index contributed by atoms with van der Waals surface area (Å²) in [6, 6.07) is 20.1. The molecule has 0 aliphatic carbocycles. The third-order valence-corrected chi connectivity index (χ3v) is 5.01. The molecule has 3 nitrogen and oxygen atoms in total. The van der Waals surface area contributed by atoms with Crippen molar-refractivity contribution in [2.45, 2.75) is 26.7 Å². The average molecular weight is 351 g/mol. The molecule has 1 heterocycles. The molecule has 3 rings (SSSR count). The molecule has 0 unspecified atom stereocenters. The zero-order valence-electron chi connectivity index (χ0n) is 14.2. The largest absolute Gasteiger partial charge is 0.372 e. The molecule has 0 atom stereocenters. The number of benzene rings is 2. The summed E-state index contributed by atoms with van der Waals surface area (Å²) >= 11 is 1.47. The van der Waals surface area contributed by atoms with Gasteiger partial charge in [-0.3, -0.25) is 4.79 Å².